The zero-order chi connectivity index (χ0) is 16.4. The number of carboxylic acids is 1. The highest BCUT2D eigenvalue weighted by Crippen LogP contribution is 2.30. The van der Waals surface area contributed by atoms with Gasteiger partial charge in [0.1, 0.15) is 16.9 Å². The average Bonchev–Trinajstić information content (AvgIpc) is 2.98. The van der Waals surface area contributed by atoms with Gasteiger partial charge >= 0.3 is 5.97 Å². The molecule has 1 saturated heterocycles. The second-order valence-corrected chi connectivity index (χ2v) is 7.12. The van der Waals surface area contributed by atoms with Crippen LogP contribution in [0.15, 0.2) is 34.7 Å². The summed E-state index contributed by atoms with van der Waals surface area (Å²) in [5, 5.41) is 13.3. The Labute approximate surface area is 138 Å². The van der Waals surface area contributed by atoms with E-state index in [0.717, 1.165) is 22.5 Å². The molecule has 2 N–H and O–H groups in total. The minimum atomic E-state index is -1.15. The van der Waals surface area contributed by atoms with Crippen LogP contribution in [0.25, 0.3) is 11.0 Å². The van der Waals surface area contributed by atoms with E-state index >= 15 is 0 Å². The zero-order valence-electron chi connectivity index (χ0n) is 12.9. The number of carbonyl (C=O) groups is 2. The van der Waals surface area contributed by atoms with Crippen LogP contribution in [0.3, 0.4) is 0 Å². The summed E-state index contributed by atoms with van der Waals surface area (Å²) in [4.78, 5) is 24.2. The Morgan fingerprint density at radius 3 is 2.65 bits per heavy atom. The molecule has 3 rings (SSSR count). The van der Waals surface area contributed by atoms with Crippen LogP contribution in [0.4, 0.5) is 0 Å². The molecule has 1 aliphatic rings. The highest BCUT2D eigenvalue weighted by atomic mass is 32.2. The van der Waals surface area contributed by atoms with E-state index in [1.54, 1.807) is 18.7 Å². The van der Waals surface area contributed by atoms with Gasteiger partial charge in [-0.25, -0.2) is 4.79 Å². The molecular weight excluding hydrogens is 314 g/mol. The minimum Gasteiger partial charge on any atom is -0.480 e. The maximum atomic E-state index is 12.6. The van der Waals surface area contributed by atoms with Crippen molar-refractivity contribution in [3.8, 4) is 0 Å². The van der Waals surface area contributed by atoms with Gasteiger partial charge in [0.05, 0.1) is 5.92 Å². The number of furan rings is 1. The molecule has 0 bridgehead atoms. The smallest absolute Gasteiger partial charge is 0.329 e. The summed E-state index contributed by atoms with van der Waals surface area (Å²) in [6.45, 7) is 1.74. The summed E-state index contributed by atoms with van der Waals surface area (Å²) in [5.41, 5.74) is -0.424. The van der Waals surface area contributed by atoms with E-state index in [-0.39, 0.29) is 5.91 Å². The third-order valence-corrected chi connectivity index (χ3v) is 5.37. The Morgan fingerprint density at radius 2 is 2.00 bits per heavy atom. The molecule has 6 heteroatoms. The monoisotopic (exact) mass is 333 g/mol. The fourth-order valence-corrected chi connectivity index (χ4v) is 3.99. The molecule has 0 radical (unpaired) electrons. The van der Waals surface area contributed by atoms with Gasteiger partial charge in [0, 0.05) is 5.39 Å². The Bertz CT molecular complexity index is 700. The summed E-state index contributed by atoms with van der Waals surface area (Å²) < 4.78 is 5.72. The molecule has 0 saturated carbocycles. The molecule has 1 fully saturated rings. The van der Waals surface area contributed by atoms with E-state index in [1.165, 1.54) is 0 Å². The molecule has 1 unspecified atom stereocenters. The van der Waals surface area contributed by atoms with Crippen molar-refractivity contribution >= 4 is 34.6 Å². The van der Waals surface area contributed by atoms with Crippen LogP contribution in [-0.2, 0) is 9.59 Å². The van der Waals surface area contributed by atoms with Crippen LogP contribution < -0.4 is 5.32 Å². The normalized spacial score (nSPS) is 18.5. The lowest BCUT2D eigenvalue weighted by Gasteiger charge is -2.34. The van der Waals surface area contributed by atoms with Gasteiger partial charge in [0.25, 0.3) is 0 Å². The Balaban J connectivity index is 1.79. The number of aliphatic carboxylic acids is 1. The van der Waals surface area contributed by atoms with E-state index in [2.05, 4.69) is 5.32 Å². The van der Waals surface area contributed by atoms with Crippen molar-refractivity contribution in [2.75, 3.05) is 11.5 Å². The third kappa shape index (κ3) is 3.08. The second kappa shape index (κ2) is 6.28. The average molecular weight is 333 g/mol. The number of thioether (sulfide) groups is 1. The largest absolute Gasteiger partial charge is 0.480 e. The third-order valence-electron chi connectivity index (χ3n) is 4.38. The Hall–Kier alpha value is -1.95. The van der Waals surface area contributed by atoms with Gasteiger partial charge in [0.2, 0.25) is 5.91 Å². The summed E-state index contributed by atoms with van der Waals surface area (Å²) in [6.07, 6.45) is 0.900. The maximum absolute atomic E-state index is 12.6. The molecule has 2 aromatic rings. The molecule has 5 nitrogen and oxygen atoms in total. The first kappa shape index (κ1) is 15.9. The van der Waals surface area contributed by atoms with Crippen LogP contribution in [0.1, 0.15) is 31.4 Å². The number of hydrogen-bond donors (Lipinski definition) is 2. The van der Waals surface area contributed by atoms with E-state index in [0.29, 0.717) is 18.6 Å². The molecule has 1 amide bonds. The first-order valence-electron chi connectivity index (χ1n) is 7.63. The number of carboxylic acid groups (broad SMARTS) is 1. The van der Waals surface area contributed by atoms with Crippen LogP contribution in [0, 0.1) is 0 Å². The SMILES string of the molecule is CC(C(=O)NC1(C(=O)O)CCSCC1)c1cc2ccccc2o1. The zero-order valence-corrected chi connectivity index (χ0v) is 13.7. The molecule has 122 valence electrons. The number of hydrogen-bond acceptors (Lipinski definition) is 4. The van der Waals surface area contributed by atoms with E-state index in [4.69, 9.17) is 4.42 Å². The van der Waals surface area contributed by atoms with Gasteiger partial charge in [0.15, 0.2) is 0 Å². The predicted molar refractivity (Wildman–Crippen MR) is 89.7 cm³/mol. The summed E-state index contributed by atoms with van der Waals surface area (Å²) in [7, 11) is 0. The van der Waals surface area contributed by atoms with Crippen molar-refractivity contribution in [1.82, 2.24) is 5.32 Å². The fourth-order valence-electron chi connectivity index (χ4n) is 2.80. The molecule has 23 heavy (non-hydrogen) atoms. The van der Waals surface area contributed by atoms with Crippen molar-refractivity contribution < 1.29 is 19.1 Å². The van der Waals surface area contributed by atoms with Gasteiger partial charge in [-0.05, 0) is 43.4 Å². The van der Waals surface area contributed by atoms with Crippen LogP contribution in [-0.4, -0.2) is 34.0 Å². The van der Waals surface area contributed by atoms with Crippen molar-refractivity contribution in [1.29, 1.82) is 0 Å². The van der Waals surface area contributed by atoms with Crippen molar-refractivity contribution in [3.63, 3.8) is 0 Å². The van der Waals surface area contributed by atoms with Crippen LogP contribution >= 0.6 is 11.8 Å². The number of amides is 1. The number of para-hydroxylation sites is 1. The molecule has 1 aliphatic heterocycles. The summed E-state index contributed by atoms with van der Waals surface area (Å²) in [6, 6.07) is 9.39. The number of rotatable bonds is 4. The van der Waals surface area contributed by atoms with Gasteiger partial charge in [-0.15, -0.1) is 0 Å². The topological polar surface area (TPSA) is 79.5 Å². The summed E-state index contributed by atoms with van der Waals surface area (Å²) >= 11 is 1.72. The molecule has 0 aliphatic carbocycles. The Kier molecular flexibility index (Phi) is 4.35. The van der Waals surface area contributed by atoms with Gasteiger partial charge in [-0.1, -0.05) is 18.2 Å². The first-order valence-corrected chi connectivity index (χ1v) is 8.79. The molecule has 2 heterocycles. The van der Waals surface area contributed by atoms with Gasteiger partial charge < -0.3 is 14.8 Å². The maximum Gasteiger partial charge on any atom is 0.329 e. The van der Waals surface area contributed by atoms with E-state index in [9.17, 15) is 14.7 Å². The standard InChI is InChI=1S/C17H19NO4S/c1-11(14-10-12-4-2-3-5-13(12)22-14)15(19)18-17(16(20)21)6-8-23-9-7-17/h2-5,10-11H,6-9H2,1H3,(H,18,19)(H,20,21). The van der Waals surface area contributed by atoms with Crippen molar-refractivity contribution in [3.05, 3.63) is 36.1 Å². The van der Waals surface area contributed by atoms with Crippen LogP contribution in [0.2, 0.25) is 0 Å². The number of benzene rings is 1. The van der Waals surface area contributed by atoms with E-state index in [1.807, 2.05) is 30.3 Å². The minimum absolute atomic E-state index is 0.307. The molecule has 1 aromatic heterocycles. The number of nitrogens with one attached hydrogen (secondary N) is 1. The molecular formula is C17H19NO4S. The lowest BCUT2D eigenvalue weighted by atomic mass is 9.91. The number of carbonyl (C=O) groups excluding carboxylic acids is 1. The quantitative estimate of drug-likeness (QED) is 0.899. The first-order chi connectivity index (χ1) is 11.0. The highest BCUT2D eigenvalue weighted by Gasteiger charge is 2.42. The van der Waals surface area contributed by atoms with Crippen molar-refractivity contribution in [2.45, 2.75) is 31.2 Å². The Morgan fingerprint density at radius 1 is 1.30 bits per heavy atom. The van der Waals surface area contributed by atoms with Gasteiger partial charge in [-0.3, -0.25) is 4.79 Å². The molecule has 1 aromatic carbocycles. The fraction of sp³-hybridized carbons (Fsp3) is 0.412. The molecule has 1 atom stereocenters. The summed E-state index contributed by atoms with van der Waals surface area (Å²) in [5.74, 6) is 0.237. The predicted octanol–water partition coefficient (Wildman–Crippen LogP) is 3.00. The van der Waals surface area contributed by atoms with E-state index < -0.39 is 17.4 Å². The second-order valence-electron chi connectivity index (χ2n) is 5.90. The van der Waals surface area contributed by atoms with Gasteiger partial charge in [-0.2, -0.15) is 11.8 Å². The lowest BCUT2D eigenvalue weighted by Crippen LogP contribution is -2.57. The van der Waals surface area contributed by atoms with Crippen LogP contribution in [0.5, 0.6) is 0 Å². The highest BCUT2D eigenvalue weighted by molar-refractivity contribution is 7.99. The van der Waals surface area contributed by atoms with Crippen molar-refractivity contribution in [2.24, 2.45) is 0 Å². The lowest BCUT2D eigenvalue weighted by molar-refractivity contribution is -0.148. The number of fused-ring (bicyclic) bond motifs is 1. The molecule has 0 spiro atoms.